The van der Waals surface area contributed by atoms with Gasteiger partial charge in [0.05, 0.1) is 15.0 Å². The first-order chi connectivity index (χ1) is 22.4. The molecule has 250 valence electrons. The van der Waals surface area contributed by atoms with Crippen molar-refractivity contribution in [1.82, 2.24) is 4.90 Å². The minimum Gasteiger partial charge on any atom is -0.449 e. The van der Waals surface area contributed by atoms with Crippen LogP contribution in [0.2, 0.25) is 0 Å². The number of Topliss-reactive ketones (excluding diaryl/α,β-unsaturated/α-hetero) is 2. The molecule has 6 rings (SSSR count). The van der Waals surface area contributed by atoms with Gasteiger partial charge in [0.2, 0.25) is 5.75 Å². The van der Waals surface area contributed by atoms with Crippen molar-refractivity contribution in [3.05, 3.63) is 121 Å². The van der Waals surface area contributed by atoms with Gasteiger partial charge in [0.25, 0.3) is 0 Å². The van der Waals surface area contributed by atoms with Crippen LogP contribution in [0.3, 0.4) is 0 Å². The Morgan fingerprint density at radius 3 is 1.94 bits per heavy atom. The molecule has 0 bridgehead atoms. The SMILES string of the molecule is CC1(C)CC(=O)C2=C(C1)N(Cc1ccccc1)C1=C(C(=O)CC(C)(C)C1)C2c1ccc(Oc2ccc(C(F)(F)F)cc2[N+](=O)[O-])c(Br)c1. The van der Waals surface area contributed by atoms with Crippen LogP contribution < -0.4 is 4.74 Å². The smallest absolute Gasteiger partial charge is 0.416 e. The predicted molar refractivity (Wildman–Crippen MR) is 177 cm³/mol. The molecule has 0 atom stereocenters. The number of hydrogen-bond donors (Lipinski definition) is 0. The van der Waals surface area contributed by atoms with Crippen LogP contribution in [0.15, 0.2) is 93.7 Å². The number of carbonyl (C=O) groups excluding carboxylic acids is 2. The first-order valence-electron chi connectivity index (χ1n) is 15.6. The summed E-state index contributed by atoms with van der Waals surface area (Å²) in [5.74, 6) is -0.922. The van der Waals surface area contributed by atoms with Gasteiger partial charge in [0.1, 0.15) is 5.75 Å². The highest BCUT2D eigenvalue weighted by Crippen LogP contribution is 2.55. The number of halogens is 4. The van der Waals surface area contributed by atoms with Gasteiger partial charge < -0.3 is 9.64 Å². The highest BCUT2D eigenvalue weighted by Gasteiger charge is 2.49. The monoisotopic (exact) mass is 722 g/mol. The lowest BCUT2D eigenvalue weighted by molar-refractivity contribution is -0.385. The minimum atomic E-state index is -4.76. The van der Waals surface area contributed by atoms with Gasteiger partial charge in [-0.15, -0.1) is 0 Å². The molecule has 0 unspecified atom stereocenters. The van der Waals surface area contributed by atoms with E-state index in [1.807, 2.05) is 30.3 Å². The molecule has 48 heavy (non-hydrogen) atoms. The van der Waals surface area contributed by atoms with Crippen LogP contribution in [0.1, 0.15) is 76.0 Å². The summed E-state index contributed by atoms with van der Waals surface area (Å²) in [4.78, 5) is 41.2. The summed E-state index contributed by atoms with van der Waals surface area (Å²) < 4.78 is 45.9. The normalized spacial score (nSPS) is 19.3. The third kappa shape index (κ3) is 6.44. The number of rotatable bonds is 6. The number of hydrogen-bond acceptors (Lipinski definition) is 6. The van der Waals surface area contributed by atoms with Crippen LogP contribution in [0.4, 0.5) is 18.9 Å². The van der Waals surface area contributed by atoms with E-state index in [4.69, 9.17) is 4.74 Å². The largest absolute Gasteiger partial charge is 0.449 e. The van der Waals surface area contributed by atoms with Crippen molar-refractivity contribution in [3.63, 3.8) is 0 Å². The summed E-state index contributed by atoms with van der Waals surface area (Å²) in [7, 11) is 0. The van der Waals surface area contributed by atoms with E-state index < -0.39 is 28.3 Å². The first-order valence-corrected chi connectivity index (χ1v) is 16.4. The van der Waals surface area contributed by atoms with E-state index in [0.29, 0.717) is 59.5 Å². The second-order valence-corrected chi connectivity index (χ2v) is 15.2. The van der Waals surface area contributed by atoms with Gasteiger partial charge in [-0.1, -0.05) is 64.1 Å². The average Bonchev–Trinajstić information content (AvgIpc) is 2.97. The Balaban J connectivity index is 1.47. The molecule has 11 heteroatoms. The molecule has 0 radical (unpaired) electrons. The van der Waals surface area contributed by atoms with Crippen molar-refractivity contribution < 1.29 is 32.4 Å². The maximum atomic E-state index is 14.1. The minimum absolute atomic E-state index is 0.0228. The van der Waals surface area contributed by atoms with Crippen molar-refractivity contribution >= 4 is 33.2 Å². The zero-order chi connectivity index (χ0) is 34.8. The quantitative estimate of drug-likeness (QED) is 0.186. The lowest BCUT2D eigenvalue weighted by Crippen LogP contribution is -2.44. The van der Waals surface area contributed by atoms with Crippen molar-refractivity contribution in [1.29, 1.82) is 0 Å². The number of benzene rings is 3. The maximum Gasteiger partial charge on any atom is 0.416 e. The number of allylic oxidation sites excluding steroid dienone is 4. The summed E-state index contributed by atoms with van der Waals surface area (Å²) in [5, 5.41) is 11.7. The Morgan fingerprint density at radius 2 is 1.42 bits per heavy atom. The molecule has 1 heterocycles. The van der Waals surface area contributed by atoms with Gasteiger partial charge in [0, 0.05) is 53.9 Å². The molecule has 0 saturated carbocycles. The average molecular weight is 724 g/mol. The van der Waals surface area contributed by atoms with E-state index in [1.54, 1.807) is 18.2 Å². The predicted octanol–water partition coefficient (Wildman–Crippen LogP) is 10.1. The summed E-state index contributed by atoms with van der Waals surface area (Å²) >= 11 is 3.49. The van der Waals surface area contributed by atoms with Crippen LogP contribution in [-0.2, 0) is 22.3 Å². The topological polar surface area (TPSA) is 89.8 Å². The van der Waals surface area contributed by atoms with Gasteiger partial charge in [-0.2, -0.15) is 13.2 Å². The summed E-state index contributed by atoms with van der Waals surface area (Å²) in [6.45, 7) is 8.82. The third-order valence-electron chi connectivity index (χ3n) is 9.20. The van der Waals surface area contributed by atoms with E-state index in [9.17, 15) is 32.9 Å². The molecule has 0 N–H and O–H groups in total. The molecule has 0 aromatic heterocycles. The number of nitro benzene ring substituents is 1. The lowest BCUT2D eigenvalue weighted by Gasteiger charge is -2.49. The van der Waals surface area contributed by atoms with Crippen molar-refractivity contribution in [2.75, 3.05) is 0 Å². The number of ketones is 2. The number of carbonyl (C=O) groups is 2. The zero-order valence-electron chi connectivity index (χ0n) is 26.9. The van der Waals surface area contributed by atoms with Crippen LogP contribution in [0, 0.1) is 20.9 Å². The molecular formula is C37H34BrF3N2O5. The molecule has 3 aromatic carbocycles. The van der Waals surface area contributed by atoms with E-state index in [-0.39, 0.29) is 33.9 Å². The Labute approximate surface area is 284 Å². The van der Waals surface area contributed by atoms with Crippen LogP contribution in [0.5, 0.6) is 11.5 Å². The molecule has 0 fully saturated rings. The molecule has 1 aliphatic heterocycles. The Morgan fingerprint density at radius 1 is 0.854 bits per heavy atom. The standard InChI is InChI=1S/C37H34BrF3N2O5/c1-35(2)16-26-33(28(44)18-35)32(34-27(17-36(3,4)19-29(34)45)42(26)20-21-8-6-5-7-9-21)22-10-12-30(24(38)14-22)48-31-13-11-23(37(39,40)41)15-25(31)43(46)47/h5-15,32H,16-20H2,1-4H3. The van der Waals surface area contributed by atoms with Gasteiger partial charge in [0.15, 0.2) is 11.6 Å². The van der Waals surface area contributed by atoms with E-state index in [2.05, 4.69) is 48.5 Å². The highest BCUT2D eigenvalue weighted by atomic mass is 79.9. The summed E-state index contributed by atoms with van der Waals surface area (Å²) in [6, 6.07) is 17.0. The van der Waals surface area contributed by atoms with Crippen LogP contribution >= 0.6 is 15.9 Å². The van der Waals surface area contributed by atoms with E-state index >= 15 is 0 Å². The van der Waals surface area contributed by atoms with E-state index in [0.717, 1.165) is 29.1 Å². The first kappa shape index (κ1) is 33.6. The summed E-state index contributed by atoms with van der Waals surface area (Å²) in [6.07, 6.45) is -2.83. The molecule has 3 aliphatic rings. The zero-order valence-corrected chi connectivity index (χ0v) is 28.5. The van der Waals surface area contributed by atoms with Gasteiger partial charge >= 0.3 is 11.9 Å². The molecule has 7 nitrogen and oxygen atoms in total. The Bertz CT molecular complexity index is 1860. The third-order valence-corrected chi connectivity index (χ3v) is 9.82. The second-order valence-electron chi connectivity index (χ2n) is 14.3. The molecule has 0 saturated heterocycles. The van der Waals surface area contributed by atoms with Crippen LogP contribution in [-0.4, -0.2) is 21.4 Å². The number of ether oxygens (including phenoxy) is 1. The molecule has 0 spiro atoms. The molecule has 0 amide bonds. The molecular weight excluding hydrogens is 689 g/mol. The lowest BCUT2D eigenvalue weighted by atomic mass is 9.63. The number of alkyl halides is 3. The second kappa shape index (κ2) is 12.0. The van der Waals surface area contributed by atoms with Crippen molar-refractivity contribution in [3.8, 4) is 11.5 Å². The van der Waals surface area contributed by atoms with E-state index in [1.165, 1.54) is 0 Å². The summed E-state index contributed by atoms with van der Waals surface area (Å²) in [5.41, 5.74) is 2.14. The van der Waals surface area contributed by atoms with Crippen molar-refractivity contribution in [2.24, 2.45) is 10.8 Å². The van der Waals surface area contributed by atoms with Gasteiger partial charge in [-0.25, -0.2) is 0 Å². The fraction of sp³-hybridized carbons (Fsp3) is 0.351. The fourth-order valence-electron chi connectivity index (χ4n) is 7.16. The number of nitro groups is 1. The van der Waals surface area contributed by atoms with Gasteiger partial charge in [-0.3, -0.25) is 19.7 Å². The molecule has 3 aromatic rings. The van der Waals surface area contributed by atoms with Crippen molar-refractivity contribution in [2.45, 2.75) is 72.0 Å². The fourth-order valence-corrected chi connectivity index (χ4v) is 7.64. The van der Waals surface area contributed by atoms with Gasteiger partial charge in [-0.05, 0) is 75.0 Å². The highest BCUT2D eigenvalue weighted by molar-refractivity contribution is 9.10. The van der Waals surface area contributed by atoms with Crippen LogP contribution in [0.25, 0.3) is 0 Å². The maximum absolute atomic E-state index is 14.1. The number of nitrogens with zero attached hydrogens (tertiary/aromatic N) is 2. The Kier molecular flexibility index (Phi) is 8.42. The molecule has 2 aliphatic carbocycles. The Hall–Kier alpha value is -4.25.